The number of rotatable bonds is 4. The summed E-state index contributed by atoms with van der Waals surface area (Å²) in [6.45, 7) is -1.66. The maximum Gasteiger partial charge on any atom is 0.411 e. The molecule has 0 aliphatic rings. The van der Waals surface area contributed by atoms with E-state index in [0.717, 1.165) is 12.1 Å². The Morgan fingerprint density at radius 3 is 2.35 bits per heavy atom. The zero-order valence-corrected chi connectivity index (χ0v) is 9.99. The molecule has 0 saturated heterocycles. The molecule has 0 heterocycles. The third-order valence-electron chi connectivity index (χ3n) is 1.84. The van der Waals surface area contributed by atoms with Crippen LogP contribution in [-0.2, 0) is 4.74 Å². The van der Waals surface area contributed by atoms with Gasteiger partial charge in [-0.05, 0) is 17.7 Å². The number of halogens is 6. The van der Waals surface area contributed by atoms with Crippen molar-refractivity contribution in [3.8, 4) is 0 Å². The van der Waals surface area contributed by atoms with E-state index < -0.39 is 29.2 Å². The van der Waals surface area contributed by atoms with Crippen molar-refractivity contribution in [1.29, 1.82) is 0 Å². The molecule has 1 rings (SSSR count). The van der Waals surface area contributed by atoms with Gasteiger partial charge in [0.05, 0.1) is 11.4 Å². The molecule has 1 unspecified atom stereocenters. The van der Waals surface area contributed by atoms with Gasteiger partial charge in [0.2, 0.25) is 0 Å². The minimum atomic E-state index is -4.40. The molecule has 1 aromatic carbocycles. The van der Waals surface area contributed by atoms with Crippen LogP contribution in [0.2, 0.25) is 0 Å². The third-order valence-corrected chi connectivity index (χ3v) is 2.63. The molecular formula is C10H8BrF5O. The van der Waals surface area contributed by atoms with E-state index in [-0.39, 0.29) is 6.61 Å². The summed E-state index contributed by atoms with van der Waals surface area (Å²) in [4.78, 5) is -0.625. The van der Waals surface area contributed by atoms with Crippen LogP contribution >= 0.6 is 15.9 Å². The molecule has 0 amide bonds. The Bertz CT molecular complexity index is 379. The van der Waals surface area contributed by atoms with E-state index in [1.165, 1.54) is 6.07 Å². The first-order valence-corrected chi connectivity index (χ1v) is 5.44. The molecular weight excluding hydrogens is 311 g/mol. The summed E-state index contributed by atoms with van der Waals surface area (Å²) in [5, 5.41) is 0. The van der Waals surface area contributed by atoms with Crippen molar-refractivity contribution in [2.24, 2.45) is 0 Å². The molecule has 0 saturated carbocycles. The normalized spacial score (nSPS) is 13.8. The number of benzene rings is 1. The Morgan fingerprint density at radius 1 is 1.18 bits per heavy atom. The lowest BCUT2D eigenvalue weighted by atomic mass is 10.1. The molecule has 1 nitrogen and oxygen atoms in total. The molecule has 0 aliphatic carbocycles. The summed E-state index contributed by atoms with van der Waals surface area (Å²) < 4.78 is 65.2. The molecule has 1 atom stereocenters. The van der Waals surface area contributed by atoms with Crippen LogP contribution in [0, 0.1) is 11.6 Å². The maximum atomic E-state index is 12.8. The highest BCUT2D eigenvalue weighted by atomic mass is 79.9. The largest absolute Gasteiger partial charge is 0.411 e. The Kier molecular flexibility index (Phi) is 4.88. The highest BCUT2D eigenvalue weighted by molar-refractivity contribution is 9.09. The van der Waals surface area contributed by atoms with Gasteiger partial charge in [-0.15, -0.1) is 0 Å². The third kappa shape index (κ3) is 4.99. The molecule has 0 fully saturated rings. The van der Waals surface area contributed by atoms with Crippen molar-refractivity contribution in [1.82, 2.24) is 0 Å². The molecule has 0 N–H and O–H groups in total. The van der Waals surface area contributed by atoms with Gasteiger partial charge in [0.1, 0.15) is 6.61 Å². The van der Waals surface area contributed by atoms with E-state index >= 15 is 0 Å². The Labute approximate surface area is 103 Å². The minimum absolute atomic E-state index is 0.287. The van der Waals surface area contributed by atoms with E-state index in [2.05, 4.69) is 20.7 Å². The zero-order chi connectivity index (χ0) is 13.1. The number of hydrogen-bond acceptors (Lipinski definition) is 1. The molecule has 17 heavy (non-hydrogen) atoms. The summed E-state index contributed by atoms with van der Waals surface area (Å²) in [6.07, 6.45) is -4.40. The fourth-order valence-electron chi connectivity index (χ4n) is 1.08. The molecule has 1 aromatic rings. The summed E-state index contributed by atoms with van der Waals surface area (Å²) in [7, 11) is 0. The molecule has 96 valence electrons. The van der Waals surface area contributed by atoms with Crippen LogP contribution in [0.25, 0.3) is 0 Å². The molecule has 0 aliphatic heterocycles. The van der Waals surface area contributed by atoms with Gasteiger partial charge < -0.3 is 4.74 Å². The van der Waals surface area contributed by atoms with Gasteiger partial charge in [0, 0.05) is 0 Å². The van der Waals surface area contributed by atoms with Gasteiger partial charge in [-0.2, -0.15) is 13.2 Å². The van der Waals surface area contributed by atoms with Gasteiger partial charge in [-0.25, -0.2) is 8.78 Å². The monoisotopic (exact) mass is 318 g/mol. The van der Waals surface area contributed by atoms with Crippen LogP contribution in [0.3, 0.4) is 0 Å². The van der Waals surface area contributed by atoms with Crippen LogP contribution in [-0.4, -0.2) is 19.4 Å². The smallest absolute Gasteiger partial charge is 0.371 e. The van der Waals surface area contributed by atoms with Crippen molar-refractivity contribution in [2.75, 3.05) is 13.2 Å². The fraction of sp³-hybridized carbons (Fsp3) is 0.400. The lowest BCUT2D eigenvalue weighted by molar-refractivity contribution is -0.173. The van der Waals surface area contributed by atoms with Crippen molar-refractivity contribution in [3.05, 3.63) is 35.4 Å². The second-order valence-corrected chi connectivity index (χ2v) is 4.38. The standard InChI is InChI=1S/C10H8BrF5O/c11-7(4-17-5-10(14,15)16)6-1-2-8(12)9(13)3-6/h1-3,7H,4-5H2. The summed E-state index contributed by atoms with van der Waals surface area (Å²) >= 11 is 3.03. The predicted octanol–water partition coefficient (Wildman–Crippen LogP) is 3.98. The predicted molar refractivity (Wildman–Crippen MR) is 54.9 cm³/mol. The van der Waals surface area contributed by atoms with E-state index in [0.29, 0.717) is 5.56 Å². The first-order valence-electron chi connectivity index (χ1n) is 4.53. The summed E-state index contributed by atoms with van der Waals surface area (Å²) in [5.74, 6) is -2.06. The van der Waals surface area contributed by atoms with E-state index in [1.54, 1.807) is 0 Å². The quantitative estimate of drug-likeness (QED) is 0.602. The van der Waals surface area contributed by atoms with Crippen molar-refractivity contribution in [3.63, 3.8) is 0 Å². The topological polar surface area (TPSA) is 9.23 Å². The zero-order valence-electron chi connectivity index (χ0n) is 8.40. The molecule has 0 aromatic heterocycles. The highest BCUT2D eigenvalue weighted by Gasteiger charge is 2.27. The SMILES string of the molecule is Fc1ccc(C(Br)COCC(F)(F)F)cc1F. The molecule has 7 heteroatoms. The second-order valence-electron chi connectivity index (χ2n) is 3.27. The van der Waals surface area contributed by atoms with Crippen molar-refractivity contribution >= 4 is 15.9 Å². The van der Waals surface area contributed by atoms with Crippen LogP contribution in [0.15, 0.2) is 18.2 Å². The van der Waals surface area contributed by atoms with Crippen LogP contribution in [0.5, 0.6) is 0 Å². The first kappa shape index (κ1) is 14.4. The minimum Gasteiger partial charge on any atom is -0.371 e. The van der Waals surface area contributed by atoms with Crippen LogP contribution in [0.1, 0.15) is 10.4 Å². The van der Waals surface area contributed by atoms with Gasteiger partial charge in [-0.3, -0.25) is 0 Å². The summed E-state index contributed by atoms with van der Waals surface area (Å²) in [6, 6.07) is 3.09. The summed E-state index contributed by atoms with van der Waals surface area (Å²) in [5.41, 5.74) is 0.311. The van der Waals surface area contributed by atoms with E-state index in [1.807, 2.05) is 0 Å². The molecule has 0 bridgehead atoms. The number of ether oxygens (including phenoxy) is 1. The average Bonchev–Trinajstić information content (AvgIpc) is 2.20. The fourth-order valence-corrected chi connectivity index (χ4v) is 1.55. The van der Waals surface area contributed by atoms with Gasteiger partial charge >= 0.3 is 6.18 Å². The van der Waals surface area contributed by atoms with Crippen LogP contribution in [0.4, 0.5) is 22.0 Å². The number of alkyl halides is 4. The van der Waals surface area contributed by atoms with Gasteiger partial charge in [0.25, 0.3) is 0 Å². The Hall–Kier alpha value is -0.690. The lowest BCUT2D eigenvalue weighted by Gasteiger charge is -2.12. The Morgan fingerprint density at radius 2 is 1.82 bits per heavy atom. The second kappa shape index (κ2) is 5.77. The molecule has 0 radical (unpaired) electrons. The van der Waals surface area contributed by atoms with Crippen molar-refractivity contribution in [2.45, 2.75) is 11.0 Å². The maximum absolute atomic E-state index is 12.8. The first-order chi connectivity index (χ1) is 7.79. The van der Waals surface area contributed by atoms with Gasteiger partial charge in [0.15, 0.2) is 11.6 Å². The average molecular weight is 319 g/mol. The molecule has 0 spiro atoms. The highest BCUT2D eigenvalue weighted by Crippen LogP contribution is 2.25. The van der Waals surface area contributed by atoms with E-state index in [9.17, 15) is 22.0 Å². The van der Waals surface area contributed by atoms with Crippen LogP contribution < -0.4 is 0 Å². The lowest BCUT2D eigenvalue weighted by Crippen LogP contribution is -2.18. The van der Waals surface area contributed by atoms with E-state index in [4.69, 9.17) is 0 Å². The van der Waals surface area contributed by atoms with Crippen molar-refractivity contribution < 1.29 is 26.7 Å². The number of hydrogen-bond donors (Lipinski definition) is 0. The Balaban J connectivity index is 2.52. The van der Waals surface area contributed by atoms with Gasteiger partial charge in [-0.1, -0.05) is 22.0 Å².